The summed E-state index contributed by atoms with van der Waals surface area (Å²) in [5.41, 5.74) is 5.04. The second-order valence-electron chi connectivity index (χ2n) is 9.34. The van der Waals surface area contributed by atoms with Gasteiger partial charge >= 0.3 is 0 Å². The molecule has 3 heteroatoms. The van der Waals surface area contributed by atoms with Crippen LogP contribution >= 0.6 is 0 Å². The van der Waals surface area contributed by atoms with E-state index in [-0.39, 0.29) is 0 Å². The maximum absolute atomic E-state index is 5.97. The van der Waals surface area contributed by atoms with Gasteiger partial charge in [-0.05, 0) is 82.2 Å². The van der Waals surface area contributed by atoms with E-state index in [1.54, 1.807) is 11.1 Å². The molecule has 0 saturated heterocycles. The van der Waals surface area contributed by atoms with E-state index in [1.807, 2.05) is 0 Å². The van der Waals surface area contributed by atoms with E-state index in [0.717, 1.165) is 38.5 Å². The number of benzene rings is 1. The highest BCUT2D eigenvalue weighted by Gasteiger charge is 2.28. The Hall–Kier alpha value is -1.32. The van der Waals surface area contributed by atoms with Gasteiger partial charge in [-0.25, -0.2) is 0 Å². The Bertz CT molecular complexity index is 646. The second kappa shape index (κ2) is 11.8. The van der Waals surface area contributed by atoms with Crippen LogP contribution < -0.4 is 10.1 Å². The lowest BCUT2D eigenvalue weighted by atomic mass is 9.71. The average Bonchev–Trinajstić information content (AvgIpc) is 2.69. The Kier molecular flexibility index (Phi) is 9.71. The molecular formula is C26H44N2O. The Morgan fingerprint density at radius 2 is 1.97 bits per heavy atom. The first-order valence-corrected chi connectivity index (χ1v) is 11.7. The molecule has 0 aliphatic heterocycles. The maximum Gasteiger partial charge on any atom is 0.119 e. The highest BCUT2D eigenvalue weighted by Crippen LogP contribution is 2.42. The van der Waals surface area contributed by atoms with Gasteiger partial charge in [0.25, 0.3) is 0 Å². The fourth-order valence-corrected chi connectivity index (χ4v) is 4.56. The first-order chi connectivity index (χ1) is 13.9. The van der Waals surface area contributed by atoms with E-state index in [9.17, 15) is 0 Å². The first kappa shape index (κ1) is 24.0. The van der Waals surface area contributed by atoms with E-state index < -0.39 is 0 Å². The number of hydrogen-bond donors (Lipinski definition) is 1. The topological polar surface area (TPSA) is 24.5 Å². The average molecular weight is 401 g/mol. The van der Waals surface area contributed by atoms with Crippen LogP contribution in [0.15, 0.2) is 35.4 Å². The number of nitrogens with one attached hydrogen (secondary N) is 1. The molecule has 0 unspecified atom stereocenters. The molecule has 164 valence electrons. The van der Waals surface area contributed by atoms with Crippen LogP contribution in [0.4, 0.5) is 0 Å². The van der Waals surface area contributed by atoms with Crippen molar-refractivity contribution in [2.24, 2.45) is 5.41 Å². The van der Waals surface area contributed by atoms with Crippen LogP contribution in [-0.2, 0) is 6.54 Å². The smallest absolute Gasteiger partial charge is 0.119 e. The number of likely N-dealkylation sites (N-methyl/N-ethyl adjacent to an activating group) is 1. The number of nitrogens with zero attached hydrogens (tertiary/aromatic N) is 1. The summed E-state index contributed by atoms with van der Waals surface area (Å²) in [7, 11) is 0. The molecule has 1 aliphatic rings. The number of hydrogen-bond acceptors (Lipinski definition) is 3. The van der Waals surface area contributed by atoms with Crippen LogP contribution in [0.3, 0.4) is 0 Å². The quantitative estimate of drug-likeness (QED) is 0.423. The van der Waals surface area contributed by atoms with Crippen molar-refractivity contribution in [3.8, 4) is 5.75 Å². The van der Waals surface area contributed by atoms with Gasteiger partial charge in [0.15, 0.2) is 0 Å². The summed E-state index contributed by atoms with van der Waals surface area (Å²) >= 11 is 0. The third-order valence-electron chi connectivity index (χ3n) is 6.64. The zero-order valence-electron chi connectivity index (χ0n) is 19.8. The van der Waals surface area contributed by atoms with Gasteiger partial charge in [-0.2, -0.15) is 0 Å². The molecule has 1 aromatic carbocycles. The summed E-state index contributed by atoms with van der Waals surface area (Å²) in [5, 5.41) is 3.71. The van der Waals surface area contributed by atoms with Crippen molar-refractivity contribution >= 4 is 0 Å². The third kappa shape index (κ3) is 7.79. The van der Waals surface area contributed by atoms with Crippen LogP contribution in [0.2, 0.25) is 0 Å². The molecule has 0 fully saturated rings. The third-order valence-corrected chi connectivity index (χ3v) is 6.64. The number of ether oxygens (including phenoxy) is 1. The normalized spacial score (nSPS) is 17.6. The van der Waals surface area contributed by atoms with Crippen molar-refractivity contribution in [2.45, 2.75) is 86.2 Å². The minimum absolute atomic E-state index is 0.388. The zero-order valence-corrected chi connectivity index (χ0v) is 19.8. The molecule has 0 radical (unpaired) electrons. The predicted molar refractivity (Wildman–Crippen MR) is 126 cm³/mol. The lowest BCUT2D eigenvalue weighted by Crippen LogP contribution is -2.28. The molecule has 1 atom stereocenters. The molecule has 1 aliphatic carbocycles. The van der Waals surface area contributed by atoms with E-state index in [0.29, 0.717) is 11.5 Å². The summed E-state index contributed by atoms with van der Waals surface area (Å²) < 4.78 is 5.97. The van der Waals surface area contributed by atoms with Crippen LogP contribution in [0, 0.1) is 5.41 Å². The monoisotopic (exact) mass is 400 g/mol. The van der Waals surface area contributed by atoms with Crippen LogP contribution in [0.1, 0.15) is 79.2 Å². The Morgan fingerprint density at radius 1 is 1.21 bits per heavy atom. The molecule has 29 heavy (non-hydrogen) atoms. The largest absolute Gasteiger partial charge is 0.492 e. The van der Waals surface area contributed by atoms with Crippen molar-refractivity contribution < 1.29 is 4.74 Å². The lowest BCUT2D eigenvalue weighted by molar-refractivity contribution is 0.222. The molecule has 0 amide bonds. The van der Waals surface area contributed by atoms with Gasteiger partial charge in [-0.3, -0.25) is 0 Å². The summed E-state index contributed by atoms with van der Waals surface area (Å²) in [5.74, 6) is 0.980. The standard InChI is InChI=1S/C26H44N2O/c1-7-28(8-2)17-18-29-24-13-9-12-23(19-24)20-27-22(4)14-15-25-21(3)11-10-16-26(25,5)6/h9,12-13,19,22,27H,7-8,10-11,14-18,20H2,1-6H3/t22-/m0/s1. The Balaban J connectivity index is 1.77. The van der Waals surface area contributed by atoms with Gasteiger partial charge in [0, 0.05) is 19.1 Å². The van der Waals surface area contributed by atoms with Crippen LogP contribution in [0.5, 0.6) is 5.75 Å². The molecule has 0 aromatic heterocycles. The van der Waals surface area contributed by atoms with Crippen molar-refractivity contribution in [3.05, 3.63) is 41.0 Å². The van der Waals surface area contributed by atoms with E-state index in [4.69, 9.17) is 4.74 Å². The van der Waals surface area contributed by atoms with Crippen LogP contribution in [0.25, 0.3) is 0 Å². The first-order valence-electron chi connectivity index (χ1n) is 11.7. The summed E-state index contributed by atoms with van der Waals surface area (Å²) in [4.78, 5) is 2.39. The van der Waals surface area contributed by atoms with Gasteiger partial charge < -0.3 is 15.0 Å². The predicted octanol–water partition coefficient (Wildman–Crippen LogP) is 6.19. The summed E-state index contributed by atoms with van der Waals surface area (Å²) in [6.07, 6.45) is 6.41. The van der Waals surface area contributed by atoms with Gasteiger partial charge in [0.05, 0.1) is 0 Å². The lowest BCUT2D eigenvalue weighted by Gasteiger charge is -2.35. The highest BCUT2D eigenvalue weighted by molar-refractivity contribution is 5.28. The molecule has 3 nitrogen and oxygen atoms in total. The summed E-state index contributed by atoms with van der Waals surface area (Å²) in [6, 6.07) is 9.05. The SMILES string of the molecule is CCN(CC)CCOc1cccc(CN[C@@H](C)CCC2=C(C)CCCC2(C)C)c1. The van der Waals surface area contributed by atoms with Crippen molar-refractivity contribution in [1.82, 2.24) is 10.2 Å². The van der Waals surface area contributed by atoms with Gasteiger partial charge in [-0.15, -0.1) is 0 Å². The summed E-state index contributed by atoms with van der Waals surface area (Å²) in [6.45, 7) is 18.7. The van der Waals surface area contributed by atoms with Gasteiger partial charge in [0.2, 0.25) is 0 Å². The minimum Gasteiger partial charge on any atom is -0.492 e. The maximum atomic E-state index is 5.97. The molecule has 0 spiro atoms. The number of rotatable bonds is 12. The van der Waals surface area contributed by atoms with Gasteiger partial charge in [0.1, 0.15) is 12.4 Å². The molecule has 0 bridgehead atoms. The molecule has 1 aromatic rings. The van der Waals surface area contributed by atoms with Crippen molar-refractivity contribution in [2.75, 3.05) is 26.2 Å². The molecule has 0 heterocycles. The molecule has 2 rings (SSSR count). The highest BCUT2D eigenvalue weighted by atomic mass is 16.5. The van der Waals surface area contributed by atoms with E-state index >= 15 is 0 Å². The van der Waals surface area contributed by atoms with Crippen LogP contribution in [-0.4, -0.2) is 37.2 Å². The molecule has 1 N–H and O–H groups in total. The zero-order chi connectivity index (χ0) is 21.3. The van der Waals surface area contributed by atoms with E-state index in [2.05, 4.69) is 76.0 Å². The van der Waals surface area contributed by atoms with Crippen molar-refractivity contribution in [1.29, 1.82) is 0 Å². The van der Waals surface area contributed by atoms with E-state index in [1.165, 1.54) is 37.7 Å². The number of allylic oxidation sites excluding steroid dienone is 2. The van der Waals surface area contributed by atoms with Crippen molar-refractivity contribution in [3.63, 3.8) is 0 Å². The van der Waals surface area contributed by atoms with Gasteiger partial charge in [-0.1, -0.05) is 51.0 Å². The fourth-order valence-electron chi connectivity index (χ4n) is 4.56. The Morgan fingerprint density at radius 3 is 2.66 bits per heavy atom. The Labute approximate surface area is 179 Å². The fraction of sp³-hybridized carbons (Fsp3) is 0.692. The second-order valence-corrected chi connectivity index (χ2v) is 9.34. The molecular weight excluding hydrogens is 356 g/mol. The minimum atomic E-state index is 0.388. The molecule has 0 saturated carbocycles.